The topological polar surface area (TPSA) is 113 Å². The van der Waals surface area contributed by atoms with Crippen LogP contribution in [0.4, 0.5) is 4.39 Å². The van der Waals surface area contributed by atoms with Crippen LogP contribution >= 0.6 is 0 Å². The molecule has 39 heavy (non-hydrogen) atoms. The van der Waals surface area contributed by atoms with Crippen molar-refractivity contribution >= 4 is 36.0 Å². The van der Waals surface area contributed by atoms with Gasteiger partial charge in [0.05, 0.1) is 17.3 Å². The fourth-order valence-electron chi connectivity index (χ4n) is 5.28. The second-order valence-electron chi connectivity index (χ2n) is 12.1. The van der Waals surface area contributed by atoms with E-state index in [4.69, 9.17) is 20.4 Å². The minimum absolute atomic E-state index is 0.190. The zero-order valence-electron chi connectivity index (χ0n) is 23.4. The van der Waals surface area contributed by atoms with E-state index in [0.29, 0.717) is 40.2 Å². The third-order valence-corrected chi connectivity index (χ3v) is 9.54. The summed E-state index contributed by atoms with van der Waals surface area (Å²) in [6, 6.07) is 5.38. The first kappa shape index (κ1) is 27.4. The lowest BCUT2D eigenvalue weighted by molar-refractivity contribution is 0.0886. The maximum atomic E-state index is 13.9. The third kappa shape index (κ3) is 5.61. The average Bonchev–Trinajstić information content (AvgIpc) is 3.57. The summed E-state index contributed by atoms with van der Waals surface area (Å²) in [7, 11) is 0.521. The number of carbonyl (C=O) groups excluding carboxylic acids is 1. The second-order valence-corrected chi connectivity index (χ2v) is 17.7. The van der Waals surface area contributed by atoms with Crippen molar-refractivity contribution in [2.45, 2.75) is 76.6 Å². The number of nitrogens with two attached hydrogens (primary N) is 1. The highest BCUT2D eigenvalue weighted by Crippen LogP contribution is 2.31. The number of carbonyl (C=O) groups is 1. The molecule has 3 aromatic heterocycles. The van der Waals surface area contributed by atoms with E-state index >= 15 is 0 Å². The van der Waals surface area contributed by atoms with Crippen LogP contribution in [0.1, 0.15) is 43.0 Å². The normalized spacial score (nSPS) is 16.3. The standard InChI is InChI=1S/C28H38FN7O2Si/c1-18(28(30)10-6-7-11-28)32-27(37)21-16-36(17-38-12-13-39(3,4)5)26-25(21)33-22(15-31-26)24-20-9-8-19(29)14-23(20)35(2)34-24/h8-9,14-16,18H,6-7,10-13,17,30H2,1-5H3,(H,32,37)/t18-/m1/s1. The van der Waals surface area contributed by atoms with E-state index in [1.54, 1.807) is 30.2 Å². The largest absolute Gasteiger partial charge is 0.361 e. The molecule has 3 N–H and O–H groups in total. The van der Waals surface area contributed by atoms with Gasteiger partial charge < -0.3 is 20.4 Å². The summed E-state index contributed by atoms with van der Waals surface area (Å²) < 4.78 is 23.3. The van der Waals surface area contributed by atoms with Gasteiger partial charge in [0.1, 0.15) is 29.5 Å². The molecule has 1 aliphatic rings. The number of aromatic nitrogens is 5. The van der Waals surface area contributed by atoms with Crippen molar-refractivity contribution in [2.24, 2.45) is 12.8 Å². The van der Waals surface area contributed by atoms with E-state index in [-0.39, 0.29) is 24.5 Å². The molecular weight excluding hydrogens is 513 g/mol. The lowest BCUT2D eigenvalue weighted by Crippen LogP contribution is -2.55. The smallest absolute Gasteiger partial charge is 0.255 e. The number of benzene rings is 1. The highest BCUT2D eigenvalue weighted by atomic mass is 28.3. The highest BCUT2D eigenvalue weighted by molar-refractivity contribution is 6.76. The number of fused-ring (bicyclic) bond motifs is 2. The molecule has 3 heterocycles. The Kier molecular flexibility index (Phi) is 7.34. The molecule has 0 spiro atoms. The van der Waals surface area contributed by atoms with E-state index in [1.807, 2.05) is 11.5 Å². The Morgan fingerprint density at radius 1 is 1.28 bits per heavy atom. The molecule has 1 fully saturated rings. The monoisotopic (exact) mass is 551 g/mol. The number of amides is 1. The van der Waals surface area contributed by atoms with Crippen LogP contribution in [0.25, 0.3) is 33.5 Å². The van der Waals surface area contributed by atoms with Gasteiger partial charge in [-0.3, -0.25) is 9.48 Å². The van der Waals surface area contributed by atoms with E-state index in [2.05, 4.69) is 30.1 Å². The quantitative estimate of drug-likeness (QED) is 0.228. The predicted molar refractivity (Wildman–Crippen MR) is 154 cm³/mol. The van der Waals surface area contributed by atoms with Crippen molar-refractivity contribution in [3.8, 4) is 11.4 Å². The summed E-state index contributed by atoms with van der Waals surface area (Å²) in [5, 5.41) is 8.47. The number of hydrogen-bond donors (Lipinski definition) is 2. The maximum Gasteiger partial charge on any atom is 0.255 e. The SMILES string of the molecule is C[C@@H](NC(=O)c1cn(COCC[Si](C)(C)C)c2ncc(-c3nn(C)c4cc(F)ccc34)nc12)C1(N)CCCC1. The van der Waals surface area contributed by atoms with Gasteiger partial charge in [-0.25, -0.2) is 14.4 Å². The molecule has 1 amide bonds. The zero-order valence-corrected chi connectivity index (χ0v) is 24.4. The molecule has 0 radical (unpaired) electrons. The Balaban J connectivity index is 1.51. The van der Waals surface area contributed by atoms with Crippen LogP contribution in [0.5, 0.6) is 0 Å². The first-order chi connectivity index (χ1) is 18.4. The summed E-state index contributed by atoms with van der Waals surface area (Å²) in [4.78, 5) is 23.2. The lowest BCUT2D eigenvalue weighted by Gasteiger charge is -2.31. The maximum absolute atomic E-state index is 13.9. The van der Waals surface area contributed by atoms with E-state index in [1.165, 1.54) is 12.1 Å². The molecule has 5 rings (SSSR count). The highest BCUT2D eigenvalue weighted by Gasteiger charge is 2.36. The molecule has 9 nitrogen and oxygen atoms in total. The van der Waals surface area contributed by atoms with Crippen LogP contribution in [0.15, 0.2) is 30.6 Å². The first-order valence-corrected chi connectivity index (χ1v) is 17.3. The Morgan fingerprint density at radius 2 is 2.03 bits per heavy atom. The van der Waals surface area contributed by atoms with E-state index in [0.717, 1.165) is 37.1 Å². The molecule has 1 aliphatic carbocycles. The number of nitrogens with zero attached hydrogens (tertiary/aromatic N) is 5. The van der Waals surface area contributed by atoms with Gasteiger partial charge in [-0.2, -0.15) is 5.10 Å². The van der Waals surface area contributed by atoms with Crippen molar-refractivity contribution in [1.29, 1.82) is 0 Å². The summed E-state index contributed by atoms with van der Waals surface area (Å²) in [6.45, 7) is 9.81. The second kappa shape index (κ2) is 10.4. The summed E-state index contributed by atoms with van der Waals surface area (Å²) in [6.07, 6.45) is 7.32. The molecule has 0 bridgehead atoms. The number of nitrogens with one attached hydrogen (secondary N) is 1. The van der Waals surface area contributed by atoms with Gasteiger partial charge in [0, 0.05) is 44.9 Å². The molecule has 1 atom stereocenters. The number of aryl methyl sites for hydroxylation is 1. The van der Waals surface area contributed by atoms with Gasteiger partial charge in [0.15, 0.2) is 5.65 Å². The van der Waals surface area contributed by atoms with Crippen LogP contribution in [0, 0.1) is 5.82 Å². The van der Waals surface area contributed by atoms with Crippen molar-refractivity contribution in [1.82, 2.24) is 29.6 Å². The summed E-state index contributed by atoms with van der Waals surface area (Å²) in [5.74, 6) is -0.581. The van der Waals surface area contributed by atoms with Crippen molar-refractivity contribution in [3.05, 3.63) is 42.0 Å². The average molecular weight is 552 g/mol. The Labute approximate surface area is 228 Å². The van der Waals surface area contributed by atoms with Gasteiger partial charge in [0.2, 0.25) is 0 Å². The fourth-order valence-corrected chi connectivity index (χ4v) is 6.03. The minimum Gasteiger partial charge on any atom is -0.361 e. The van der Waals surface area contributed by atoms with Crippen LogP contribution in [0.2, 0.25) is 25.7 Å². The number of hydrogen-bond acceptors (Lipinski definition) is 6. The van der Waals surface area contributed by atoms with Crippen molar-refractivity contribution in [2.75, 3.05) is 6.61 Å². The van der Waals surface area contributed by atoms with Crippen LogP contribution in [-0.4, -0.2) is 56.5 Å². The Hall–Kier alpha value is -3.15. The molecule has 1 aromatic carbocycles. The van der Waals surface area contributed by atoms with Gasteiger partial charge in [-0.05, 0) is 44.0 Å². The van der Waals surface area contributed by atoms with Crippen LogP contribution in [0.3, 0.4) is 0 Å². The van der Waals surface area contributed by atoms with E-state index in [9.17, 15) is 9.18 Å². The lowest BCUT2D eigenvalue weighted by atomic mass is 9.90. The fraction of sp³-hybridized carbons (Fsp3) is 0.500. The number of rotatable bonds is 9. The van der Waals surface area contributed by atoms with Gasteiger partial charge >= 0.3 is 0 Å². The molecule has 208 valence electrons. The minimum atomic E-state index is -1.24. The van der Waals surface area contributed by atoms with Gasteiger partial charge in [-0.1, -0.05) is 32.5 Å². The van der Waals surface area contributed by atoms with Crippen LogP contribution < -0.4 is 11.1 Å². The molecular formula is C28H38FN7O2Si. The molecule has 0 unspecified atom stereocenters. The predicted octanol–water partition coefficient (Wildman–Crippen LogP) is 4.83. The van der Waals surface area contributed by atoms with Crippen molar-refractivity contribution < 1.29 is 13.9 Å². The Morgan fingerprint density at radius 3 is 2.74 bits per heavy atom. The molecule has 0 saturated heterocycles. The molecule has 4 aromatic rings. The van der Waals surface area contributed by atoms with E-state index < -0.39 is 13.6 Å². The summed E-state index contributed by atoms with van der Waals surface area (Å²) in [5.41, 5.74) is 9.38. The molecule has 1 saturated carbocycles. The number of halogens is 1. The van der Waals surface area contributed by atoms with Crippen LogP contribution in [-0.2, 0) is 18.5 Å². The zero-order chi connectivity index (χ0) is 27.9. The number of ether oxygens (including phenoxy) is 1. The summed E-state index contributed by atoms with van der Waals surface area (Å²) >= 11 is 0. The first-order valence-electron chi connectivity index (χ1n) is 13.6. The Bertz CT molecular complexity index is 1520. The third-order valence-electron chi connectivity index (χ3n) is 7.84. The molecule has 0 aliphatic heterocycles. The van der Waals surface area contributed by atoms with Crippen molar-refractivity contribution in [3.63, 3.8) is 0 Å². The molecule has 11 heteroatoms. The van der Waals surface area contributed by atoms with Gasteiger partial charge in [0.25, 0.3) is 5.91 Å². The van der Waals surface area contributed by atoms with Gasteiger partial charge in [-0.15, -0.1) is 0 Å².